The van der Waals surface area contributed by atoms with Gasteiger partial charge in [0.05, 0.1) is 5.52 Å². The van der Waals surface area contributed by atoms with Crippen LogP contribution in [0.15, 0.2) is 24.3 Å². The molecule has 0 saturated carbocycles. The van der Waals surface area contributed by atoms with E-state index in [0.29, 0.717) is 5.92 Å². The van der Waals surface area contributed by atoms with Crippen molar-refractivity contribution in [3.05, 3.63) is 29.8 Å². The van der Waals surface area contributed by atoms with Gasteiger partial charge in [0.2, 0.25) is 11.8 Å². The number of rotatable bonds is 5. The zero-order valence-corrected chi connectivity index (χ0v) is 19.6. The number of likely N-dealkylation sites (N-methyl/N-ethyl adjacent to an activating group) is 1. The van der Waals surface area contributed by atoms with E-state index in [1.54, 1.807) is 0 Å². The van der Waals surface area contributed by atoms with Gasteiger partial charge in [-0.15, -0.1) is 0 Å². The highest BCUT2D eigenvalue weighted by Gasteiger charge is 2.21. The van der Waals surface area contributed by atoms with Gasteiger partial charge in [0, 0.05) is 63.2 Å². The van der Waals surface area contributed by atoms with Gasteiger partial charge in [0.1, 0.15) is 5.82 Å². The maximum atomic E-state index is 12.5. The highest BCUT2D eigenvalue weighted by molar-refractivity contribution is 5.96. The fraction of sp³-hybridized carbons (Fsp3) is 0.560. The average Bonchev–Trinajstić information content (AvgIpc) is 2.78. The summed E-state index contributed by atoms with van der Waals surface area (Å²) in [4.78, 5) is 36.3. The monoisotopic (exact) mass is 437 g/mol. The Morgan fingerprint density at radius 1 is 1.09 bits per heavy atom. The number of aryl methyl sites for hydroxylation is 1. The first-order valence-corrected chi connectivity index (χ1v) is 11.8. The molecule has 2 fully saturated rings. The van der Waals surface area contributed by atoms with Crippen molar-refractivity contribution in [2.24, 2.45) is 5.92 Å². The molecule has 2 aliphatic heterocycles. The number of aromatic nitrogens is 1. The lowest BCUT2D eigenvalue weighted by atomic mass is 10.00. The molecule has 2 amide bonds. The lowest BCUT2D eigenvalue weighted by Crippen LogP contribution is -2.44. The second-order valence-corrected chi connectivity index (χ2v) is 9.45. The van der Waals surface area contributed by atoms with E-state index in [-0.39, 0.29) is 24.7 Å². The number of amides is 2. The van der Waals surface area contributed by atoms with Gasteiger partial charge in [0.15, 0.2) is 0 Å². The molecular formula is C25H35N5O2. The van der Waals surface area contributed by atoms with E-state index in [1.807, 2.05) is 23.1 Å². The molecule has 0 spiro atoms. The van der Waals surface area contributed by atoms with Crippen molar-refractivity contribution in [3.8, 4) is 0 Å². The summed E-state index contributed by atoms with van der Waals surface area (Å²) in [5.74, 6) is 1.53. The molecule has 1 aromatic heterocycles. The maximum absolute atomic E-state index is 12.5. The summed E-state index contributed by atoms with van der Waals surface area (Å²) in [7, 11) is 2.15. The zero-order valence-electron chi connectivity index (χ0n) is 19.6. The Morgan fingerprint density at radius 3 is 2.62 bits per heavy atom. The number of fused-ring (bicyclic) bond motifs is 1. The van der Waals surface area contributed by atoms with Crippen molar-refractivity contribution < 1.29 is 9.59 Å². The third-order valence-corrected chi connectivity index (χ3v) is 6.69. The van der Waals surface area contributed by atoms with Crippen LogP contribution in [0.5, 0.6) is 0 Å². The summed E-state index contributed by atoms with van der Waals surface area (Å²) in [5, 5.41) is 4.00. The highest BCUT2D eigenvalue weighted by atomic mass is 16.2. The predicted molar refractivity (Wildman–Crippen MR) is 129 cm³/mol. The molecule has 2 aromatic rings. The van der Waals surface area contributed by atoms with Crippen LogP contribution < -0.4 is 10.2 Å². The van der Waals surface area contributed by atoms with Crippen LogP contribution in [0.1, 0.15) is 38.2 Å². The van der Waals surface area contributed by atoms with E-state index in [2.05, 4.69) is 42.1 Å². The second-order valence-electron chi connectivity index (χ2n) is 9.45. The number of benzene rings is 1. The molecule has 3 heterocycles. The number of nitrogens with one attached hydrogen (secondary N) is 1. The predicted octanol–water partition coefficient (Wildman–Crippen LogP) is 3.27. The lowest BCUT2D eigenvalue weighted by molar-refractivity contribution is -0.134. The summed E-state index contributed by atoms with van der Waals surface area (Å²) < 4.78 is 0. The van der Waals surface area contributed by atoms with Crippen molar-refractivity contribution in [1.29, 1.82) is 0 Å². The average molecular weight is 438 g/mol. The molecule has 4 rings (SSSR count). The van der Waals surface area contributed by atoms with Crippen LogP contribution >= 0.6 is 0 Å². The summed E-state index contributed by atoms with van der Waals surface area (Å²) >= 11 is 0. The molecule has 172 valence electrons. The van der Waals surface area contributed by atoms with E-state index in [0.717, 1.165) is 73.7 Å². The number of pyridine rings is 1. The minimum Gasteiger partial charge on any atom is -0.354 e. The highest BCUT2D eigenvalue weighted by Crippen LogP contribution is 2.26. The fourth-order valence-corrected chi connectivity index (χ4v) is 4.67. The summed E-state index contributed by atoms with van der Waals surface area (Å²) in [6, 6.07) is 7.99. The summed E-state index contributed by atoms with van der Waals surface area (Å²) in [6.45, 7) is 9.96. The van der Waals surface area contributed by atoms with E-state index < -0.39 is 0 Å². The number of hydrogen-bond donors (Lipinski definition) is 1. The minimum atomic E-state index is -0.123. The molecule has 0 bridgehead atoms. The van der Waals surface area contributed by atoms with Crippen LogP contribution in [-0.2, 0) is 9.59 Å². The molecule has 1 N–H and O–H groups in total. The maximum Gasteiger partial charge on any atom is 0.224 e. The first-order valence-electron chi connectivity index (χ1n) is 11.8. The summed E-state index contributed by atoms with van der Waals surface area (Å²) in [6.07, 6.45) is 2.71. The van der Waals surface area contributed by atoms with Crippen LogP contribution in [0.2, 0.25) is 0 Å². The van der Waals surface area contributed by atoms with Gasteiger partial charge in [-0.1, -0.05) is 6.92 Å². The van der Waals surface area contributed by atoms with Crippen molar-refractivity contribution in [3.63, 3.8) is 0 Å². The Labute approximate surface area is 190 Å². The van der Waals surface area contributed by atoms with Gasteiger partial charge in [-0.3, -0.25) is 9.59 Å². The van der Waals surface area contributed by atoms with Gasteiger partial charge in [-0.2, -0.15) is 0 Å². The molecule has 2 aliphatic rings. The number of piperazine rings is 1. The van der Waals surface area contributed by atoms with E-state index in [1.165, 1.54) is 6.42 Å². The number of carbonyl (C=O) groups is 2. The molecule has 0 aliphatic carbocycles. The number of piperidine rings is 1. The topological polar surface area (TPSA) is 68.8 Å². The zero-order chi connectivity index (χ0) is 22.7. The Kier molecular flexibility index (Phi) is 6.94. The Bertz CT molecular complexity index is 984. The molecule has 7 heteroatoms. The normalized spacial score (nSPS) is 19.9. The Hall–Kier alpha value is -2.67. The van der Waals surface area contributed by atoms with Gasteiger partial charge in [0.25, 0.3) is 0 Å². The molecule has 1 aromatic carbocycles. The smallest absolute Gasteiger partial charge is 0.224 e. The van der Waals surface area contributed by atoms with Gasteiger partial charge < -0.3 is 20.0 Å². The fourth-order valence-electron chi connectivity index (χ4n) is 4.67. The second kappa shape index (κ2) is 9.86. The SMILES string of the molecule is Cc1cc(N2CCN(C)CC2)nc2ccc(NC(=O)CCC(=O)N3CCCC(C)C3)cc12. The van der Waals surface area contributed by atoms with E-state index in [9.17, 15) is 9.59 Å². The first kappa shape index (κ1) is 22.5. The molecule has 1 atom stereocenters. The third-order valence-electron chi connectivity index (χ3n) is 6.69. The van der Waals surface area contributed by atoms with Crippen molar-refractivity contribution in [2.75, 3.05) is 56.5 Å². The van der Waals surface area contributed by atoms with Gasteiger partial charge in [-0.05, 0) is 62.6 Å². The largest absolute Gasteiger partial charge is 0.354 e. The van der Waals surface area contributed by atoms with Gasteiger partial charge in [-0.25, -0.2) is 4.98 Å². The van der Waals surface area contributed by atoms with Crippen LogP contribution in [0.4, 0.5) is 11.5 Å². The van der Waals surface area contributed by atoms with Crippen LogP contribution in [0.3, 0.4) is 0 Å². The van der Waals surface area contributed by atoms with Crippen LogP contribution in [0, 0.1) is 12.8 Å². The van der Waals surface area contributed by atoms with Crippen molar-refractivity contribution in [1.82, 2.24) is 14.8 Å². The quantitative estimate of drug-likeness (QED) is 0.778. The summed E-state index contributed by atoms with van der Waals surface area (Å²) in [5.41, 5.74) is 2.83. The number of carbonyl (C=O) groups excluding carboxylic acids is 2. The molecule has 2 saturated heterocycles. The van der Waals surface area contributed by atoms with Crippen molar-refractivity contribution >= 4 is 34.2 Å². The van der Waals surface area contributed by atoms with Crippen LogP contribution in [-0.4, -0.2) is 72.9 Å². The number of nitrogens with zero attached hydrogens (tertiary/aromatic N) is 4. The van der Waals surface area contributed by atoms with Gasteiger partial charge >= 0.3 is 0 Å². The molecule has 0 radical (unpaired) electrons. The number of likely N-dealkylation sites (tertiary alicyclic amines) is 1. The van der Waals surface area contributed by atoms with Crippen molar-refractivity contribution in [2.45, 2.75) is 39.5 Å². The number of hydrogen-bond acceptors (Lipinski definition) is 5. The molecule has 7 nitrogen and oxygen atoms in total. The third kappa shape index (κ3) is 5.38. The molecular weight excluding hydrogens is 402 g/mol. The van der Waals surface area contributed by atoms with E-state index in [4.69, 9.17) is 4.98 Å². The Morgan fingerprint density at radius 2 is 1.88 bits per heavy atom. The standard InChI is InChI=1S/C25H35N5O2/c1-18-5-4-10-30(17-18)25(32)9-8-24(31)26-20-6-7-22-21(16-20)19(2)15-23(27-22)29-13-11-28(3)12-14-29/h6-7,15-16,18H,4-5,8-14,17H2,1-3H3,(H,26,31). The first-order chi connectivity index (χ1) is 15.4. The van der Waals surface area contributed by atoms with Crippen LogP contribution in [0.25, 0.3) is 10.9 Å². The molecule has 32 heavy (non-hydrogen) atoms. The van der Waals surface area contributed by atoms with E-state index >= 15 is 0 Å². The lowest BCUT2D eigenvalue weighted by Gasteiger charge is -2.33. The number of anilines is 2. The minimum absolute atomic E-state index is 0.0849. The molecule has 1 unspecified atom stereocenters. The Balaban J connectivity index is 1.37.